The Morgan fingerprint density at radius 3 is 2.50 bits per heavy atom. The van der Waals surface area contributed by atoms with Crippen LogP contribution in [0.25, 0.3) is 0 Å². The summed E-state index contributed by atoms with van der Waals surface area (Å²) in [7, 11) is 3.39. The molecule has 0 aliphatic carbocycles. The molecule has 0 saturated heterocycles. The summed E-state index contributed by atoms with van der Waals surface area (Å²) in [4.78, 5) is 12.9. The second-order valence-electron chi connectivity index (χ2n) is 3.51. The van der Waals surface area contributed by atoms with Gasteiger partial charge in [0.25, 0.3) is 0 Å². The fourth-order valence-corrected chi connectivity index (χ4v) is 1.07. The number of halogens is 1. The number of methoxy groups -OCH3 is 1. The normalized spacial score (nSPS) is 11.8. The predicted molar refractivity (Wildman–Crippen MR) is 65.8 cm³/mol. The fraction of sp³-hybridized carbons (Fsp3) is 0.900. The highest BCUT2D eigenvalue weighted by Gasteiger charge is 2.12. The van der Waals surface area contributed by atoms with Crippen LogP contribution in [0.3, 0.4) is 0 Å². The highest BCUT2D eigenvalue weighted by Crippen LogP contribution is 1.90. The molecule has 1 unspecified atom stereocenters. The number of hydrogen-bond acceptors (Lipinski definition) is 4. The summed E-state index contributed by atoms with van der Waals surface area (Å²) in [5, 5.41) is 0. The lowest BCUT2D eigenvalue weighted by Crippen LogP contribution is -2.41. The summed E-state index contributed by atoms with van der Waals surface area (Å²) in [6, 6.07) is -0.441. The first-order valence-electron chi connectivity index (χ1n) is 5.16. The zero-order valence-electron chi connectivity index (χ0n) is 10.3. The van der Waals surface area contributed by atoms with Crippen molar-refractivity contribution in [3.63, 3.8) is 0 Å². The molecule has 0 aromatic heterocycles. The van der Waals surface area contributed by atoms with Gasteiger partial charge >= 0.3 is 0 Å². The molecule has 0 aliphatic rings. The predicted octanol–water partition coefficient (Wildman–Crippen LogP) is 0.267. The van der Waals surface area contributed by atoms with Gasteiger partial charge in [-0.25, -0.2) is 0 Å². The van der Waals surface area contributed by atoms with Crippen LogP contribution in [0.5, 0.6) is 0 Å². The smallest absolute Gasteiger partial charge is 0.239 e. The third kappa shape index (κ3) is 8.91. The standard InChI is InChI=1S/C10H22N2O3.ClH/c1-9(11)10(13)12(2)5-8-15-7-4-6-14-3;/h9H,4-8,11H2,1-3H3;1H. The monoisotopic (exact) mass is 254 g/mol. The van der Waals surface area contributed by atoms with Crippen molar-refractivity contribution in [3.8, 4) is 0 Å². The van der Waals surface area contributed by atoms with E-state index in [-0.39, 0.29) is 18.3 Å². The minimum Gasteiger partial charge on any atom is -0.385 e. The second-order valence-corrected chi connectivity index (χ2v) is 3.51. The van der Waals surface area contributed by atoms with Crippen LogP contribution < -0.4 is 5.73 Å². The van der Waals surface area contributed by atoms with Crippen LogP contribution >= 0.6 is 12.4 Å². The number of nitrogens with two attached hydrogens (primary N) is 1. The molecule has 1 amide bonds. The van der Waals surface area contributed by atoms with Gasteiger partial charge in [-0.1, -0.05) is 0 Å². The van der Waals surface area contributed by atoms with Gasteiger partial charge in [0.1, 0.15) is 0 Å². The van der Waals surface area contributed by atoms with Gasteiger partial charge in [0.05, 0.1) is 12.6 Å². The molecule has 0 aliphatic heterocycles. The highest BCUT2D eigenvalue weighted by atomic mass is 35.5. The number of likely N-dealkylation sites (N-methyl/N-ethyl adjacent to an activating group) is 1. The highest BCUT2D eigenvalue weighted by molar-refractivity contribution is 5.85. The largest absolute Gasteiger partial charge is 0.385 e. The lowest BCUT2D eigenvalue weighted by molar-refractivity contribution is -0.131. The third-order valence-corrected chi connectivity index (χ3v) is 1.97. The van der Waals surface area contributed by atoms with Gasteiger partial charge in [-0.3, -0.25) is 4.79 Å². The lowest BCUT2D eigenvalue weighted by Gasteiger charge is -2.19. The lowest BCUT2D eigenvalue weighted by atomic mass is 10.3. The van der Waals surface area contributed by atoms with E-state index in [1.807, 2.05) is 0 Å². The van der Waals surface area contributed by atoms with Crippen LogP contribution in [0.1, 0.15) is 13.3 Å². The van der Waals surface area contributed by atoms with Crippen LogP contribution in [0.15, 0.2) is 0 Å². The maximum atomic E-state index is 11.3. The van der Waals surface area contributed by atoms with E-state index < -0.39 is 6.04 Å². The molecule has 0 aromatic carbocycles. The molecule has 0 heterocycles. The third-order valence-electron chi connectivity index (χ3n) is 1.97. The molecule has 98 valence electrons. The van der Waals surface area contributed by atoms with Crippen molar-refractivity contribution >= 4 is 18.3 Å². The molecule has 0 radical (unpaired) electrons. The fourth-order valence-electron chi connectivity index (χ4n) is 1.07. The Balaban J connectivity index is 0. The maximum absolute atomic E-state index is 11.3. The Kier molecular flexibility index (Phi) is 12.5. The number of carbonyl (C=O) groups excluding carboxylic acids is 1. The van der Waals surface area contributed by atoms with Gasteiger partial charge in [0.2, 0.25) is 5.91 Å². The van der Waals surface area contributed by atoms with Gasteiger partial charge in [-0.2, -0.15) is 0 Å². The summed E-state index contributed by atoms with van der Waals surface area (Å²) >= 11 is 0. The number of amides is 1. The van der Waals surface area contributed by atoms with Gasteiger partial charge in [-0.15, -0.1) is 12.4 Å². The number of carbonyl (C=O) groups is 1. The van der Waals surface area contributed by atoms with E-state index in [1.165, 1.54) is 0 Å². The average molecular weight is 255 g/mol. The van der Waals surface area contributed by atoms with Gasteiger partial charge in [0.15, 0.2) is 0 Å². The number of ether oxygens (including phenoxy) is 2. The first-order chi connectivity index (χ1) is 7.09. The van der Waals surface area contributed by atoms with E-state index in [4.69, 9.17) is 15.2 Å². The molecule has 0 fully saturated rings. The van der Waals surface area contributed by atoms with E-state index in [9.17, 15) is 4.79 Å². The Bertz CT molecular complexity index is 179. The Labute approximate surface area is 104 Å². The molecule has 0 spiro atoms. The van der Waals surface area contributed by atoms with Crippen molar-refractivity contribution < 1.29 is 14.3 Å². The van der Waals surface area contributed by atoms with E-state index in [0.29, 0.717) is 26.4 Å². The summed E-state index contributed by atoms with van der Waals surface area (Å²) in [6.45, 7) is 4.16. The Hall–Kier alpha value is -0.360. The van der Waals surface area contributed by atoms with Crippen LogP contribution in [0.2, 0.25) is 0 Å². The molecule has 5 nitrogen and oxygen atoms in total. The van der Waals surface area contributed by atoms with Gasteiger partial charge < -0.3 is 20.1 Å². The molecule has 0 aromatic rings. The Morgan fingerprint density at radius 1 is 1.38 bits per heavy atom. The number of hydrogen-bond donors (Lipinski definition) is 1. The molecule has 0 rings (SSSR count). The zero-order valence-corrected chi connectivity index (χ0v) is 11.1. The molecule has 6 heteroatoms. The minimum atomic E-state index is -0.441. The molecule has 0 bridgehead atoms. The molecule has 16 heavy (non-hydrogen) atoms. The number of rotatable bonds is 8. The van der Waals surface area contributed by atoms with Crippen LogP contribution in [0.4, 0.5) is 0 Å². The van der Waals surface area contributed by atoms with Crippen molar-refractivity contribution in [2.24, 2.45) is 5.73 Å². The zero-order chi connectivity index (χ0) is 11.7. The molecule has 1 atom stereocenters. The van der Waals surface area contributed by atoms with Gasteiger partial charge in [-0.05, 0) is 13.3 Å². The SMILES string of the molecule is COCCCOCCN(C)C(=O)C(C)N.Cl. The van der Waals surface area contributed by atoms with Crippen LogP contribution in [-0.2, 0) is 14.3 Å². The molecule has 0 saturated carbocycles. The first-order valence-corrected chi connectivity index (χ1v) is 5.16. The summed E-state index contributed by atoms with van der Waals surface area (Å²) in [5.74, 6) is -0.0597. The second kappa shape index (κ2) is 11.1. The molecule has 2 N–H and O–H groups in total. The van der Waals surface area contributed by atoms with Crippen molar-refractivity contribution in [2.45, 2.75) is 19.4 Å². The Morgan fingerprint density at radius 2 is 2.00 bits per heavy atom. The van der Waals surface area contributed by atoms with Crippen molar-refractivity contribution in [2.75, 3.05) is 40.5 Å². The molecular weight excluding hydrogens is 232 g/mol. The summed E-state index contributed by atoms with van der Waals surface area (Å²) < 4.78 is 10.2. The topological polar surface area (TPSA) is 64.8 Å². The van der Waals surface area contributed by atoms with Crippen LogP contribution in [-0.4, -0.2) is 57.4 Å². The minimum absolute atomic E-state index is 0. The quantitative estimate of drug-likeness (QED) is 0.632. The first kappa shape index (κ1) is 18.0. The summed E-state index contributed by atoms with van der Waals surface area (Å²) in [5.41, 5.74) is 5.46. The van der Waals surface area contributed by atoms with E-state index in [1.54, 1.807) is 26.0 Å². The van der Waals surface area contributed by atoms with Crippen molar-refractivity contribution in [3.05, 3.63) is 0 Å². The van der Waals surface area contributed by atoms with E-state index >= 15 is 0 Å². The average Bonchev–Trinajstić information content (AvgIpc) is 2.21. The van der Waals surface area contributed by atoms with Crippen molar-refractivity contribution in [1.29, 1.82) is 0 Å². The van der Waals surface area contributed by atoms with E-state index in [0.717, 1.165) is 6.42 Å². The van der Waals surface area contributed by atoms with Crippen molar-refractivity contribution in [1.82, 2.24) is 4.90 Å². The maximum Gasteiger partial charge on any atom is 0.239 e. The molecular formula is C10H23ClN2O3. The van der Waals surface area contributed by atoms with Gasteiger partial charge in [0, 0.05) is 33.9 Å². The van der Waals surface area contributed by atoms with E-state index in [2.05, 4.69) is 0 Å². The van der Waals surface area contributed by atoms with Crippen LogP contribution in [0, 0.1) is 0 Å². The summed E-state index contributed by atoms with van der Waals surface area (Å²) in [6.07, 6.45) is 0.876. The number of nitrogens with zero attached hydrogens (tertiary/aromatic N) is 1.